The molecule has 0 spiro atoms. The first kappa shape index (κ1) is 22.2. The van der Waals surface area contributed by atoms with Gasteiger partial charge < -0.3 is 15.4 Å². The van der Waals surface area contributed by atoms with Crippen molar-refractivity contribution >= 4 is 23.3 Å². The van der Waals surface area contributed by atoms with Crippen molar-refractivity contribution in [3.8, 4) is 5.69 Å². The van der Waals surface area contributed by atoms with Crippen molar-refractivity contribution < 1.29 is 19.2 Å². The quantitative estimate of drug-likeness (QED) is 0.421. The van der Waals surface area contributed by atoms with Crippen LogP contribution >= 0.6 is 0 Å². The summed E-state index contributed by atoms with van der Waals surface area (Å²) >= 11 is 0. The number of nitro groups is 1. The lowest BCUT2D eigenvalue weighted by Gasteiger charge is -2.12. The van der Waals surface area contributed by atoms with Gasteiger partial charge in [0.25, 0.3) is 17.5 Å². The van der Waals surface area contributed by atoms with Crippen molar-refractivity contribution in [2.24, 2.45) is 0 Å². The Hall–Kier alpha value is -4.05. The first-order chi connectivity index (χ1) is 15.9. The van der Waals surface area contributed by atoms with Crippen LogP contribution < -0.4 is 10.6 Å². The Kier molecular flexibility index (Phi) is 6.45. The number of nitrogens with one attached hydrogen (secondary N) is 2. The van der Waals surface area contributed by atoms with Gasteiger partial charge in [0.05, 0.1) is 22.4 Å². The lowest BCUT2D eigenvalue weighted by molar-refractivity contribution is -0.384. The van der Waals surface area contributed by atoms with Crippen molar-refractivity contribution in [1.29, 1.82) is 0 Å². The van der Waals surface area contributed by atoms with Crippen LogP contribution in [-0.2, 0) is 4.74 Å². The molecule has 10 nitrogen and oxygen atoms in total. The molecule has 3 aromatic rings. The number of nitrogens with zero attached hydrogens (tertiary/aromatic N) is 3. The minimum atomic E-state index is -0.552. The lowest BCUT2D eigenvalue weighted by atomic mass is 10.2. The van der Waals surface area contributed by atoms with Crippen molar-refractivity contribution in [1.82, 2.24) is 15.1 Å². The Morgan fingerprint density at radius 1 is 1.15 bits per heavy atom. The van der Waals surface area contributed by atoms with Gasteiger partial charge in [-0.05, 0) is 50.1 Å². The van der Waals surface area contributed by atoms with Crippen LogP contribution in [0.15, 0.2) is 54.6 Å². The highest BCUT2D eigenvalue weighted by atomic mass is 16.6. The van der Waals surface area contributed by atoms with Crippen LogP contribution in [0.2, 0.25) is 0 Å². The van der Waals surface area contributed by atoms with E-state index in [2.05, 4.69) is 15.7 Å². The van der Waals surface area contributed by atoms with Gasteiger partial charge in [-0.3, -0.25) is 19.7 Å². The van der Waals surface area contributed by atoms with Crippen LogP contribution in [0, 0.1) is 17.0 Å². The number of hydrogen-bond donors (Lipinski definition) is 2. The van der Waals surface area contributed by atoms with Gasteiger partial charge in [0.1, 0.15) is 5.82 Å². The number of benzene rings is 2. The number of rotatable bonds is 7. The van der Waals surface area contributed by atoms with E-state index in [1.165, 1.54) is 24.3 Å². The Labute approximate surface area is 189 Å². The van der Waals surface area contributed by atoms with Crippen LogP contribution in [-0.4, -0.2) is 45.8 Å². The molecule has 2 N–H and O–H groups in total. The predicted molar refractivity (Wildman–Crippen MR) is 121 cm³/mol. The zero-order valence-electron chi connectivity index (χ0n) is 18.0. The predicted octanol–water partition coefficient (Wildman–Crippen LogP) is 3.25. The zero-order chi connectivity index (χ0) is 23.4. The van der Waals surface area contributed by atoms with E-state index in [0.717, 1.165) is 19.4 Å². The molecule has 2 heterocycles. The van der Waals surface area contributed by atoms with E-state index >= 15 is 0 Å². The van der Waals surface area contributed by atoms with E-state index in [1.54, 1.807) is 41.9 Å². The number of ether oxygens (including phenoxy) is 1. The van der Waals surface area contributed by atoms with Crippen molar-refractivity contribution in [2.75, 3.05) is 18.5 Å². The molecule has 10 heteroatoms. The molecule has 1 aromatic heterocycles. The smallest absolute Gasteiger partial charge is 0.270 e. The summed E-state index contributed by atoms with van der Waals surface area (Å²) in [5, 5.41) is 21.0. The van der Waals surface area contributed by atoms with E-state index in [1.807, 2.05) is 0 Å². The summed E-state index contributed by atoms with van der Waals surface area (Å²) in [7, 11) is 0. The molecule has 1 aliphatic rings. The molecule has 1 aliphatic heterocycles. The molecule has 1 saturated heterocycles. The Morgan fingerprint density at radius 3 is 2.64 bits per heavy atom. The topological polar surface area (TPSA) is 128 Å². The van der Waals surface area contributed by atoms with Crippen LogP contribution in [0.25, 0.3) is 5.69 Å². The van der Waals surface area contributed by atoms with E-state index in [0.29, 0.717) is 29.3 Å². The molecule has 1 fully saturated rings. The maximum absolute atomic E-state index is 12.7. The summed E-state index contributed by atoms with van der Waals surface area (Å²) in [6.45, 7) is 3.00. The fraction of sp³-hybridized carbons (Fsp3) is 0.261. The van der Waals surface area contributed by atoms with E-state index in [-0.39, 0.29) is 23.3 Å². The number of carbonyl (C=O) groups excluding carboxylic acids is 2. The Bertz CT molecular complexity index is 1180. The summed E-state index contributed by atoms with van der Waals surface area (Å²) in [5.74, 6) is -0.280. The van der Waals surface area contributed by atoms with Crippen molar-refractivity contribution in [2.45, 2.75) is 25.9 Å². The van der Waals surface area contributed by atoms with Crippen molar-refractivity contribution in [3.05, 3.63) is 81.5 Å². The van der Waals surface area contributed by atoms with Crippen LogP contribution in [0.1, 0.15) is 39.3 Å². The minimum Gasteiger partial charge on any atom is -0.376 e. The number of carbonyl (C=O) groups is 2. The lowest BCUT2D eigenvalue weighted by Crippen LogP contribution is -2.31. The van der Waals surface area contributed by atoms with E-state index in [9.17, 15) is 19.7 Å². The third kappa shape index (κ3) is 5.24. The highest BCUT2D eigenvalue weighted by Gasteiger charge is 2.18. The molecule has 33 heavy (non-hydrogen) atoms. The fourth-order valence-corrected chi connectivity index (χ4v) is 3.60. The average molecular weight is 449 g/mol. The molecule has 2 amide bonds. The van der Waals surface area contributed by atoms with Gasteiger partial charge in [-0.25, -0.2) is 4.68 Å². The maximum Gasteiger partial charge on any atom is 0.270 e. The number of non-ortho nitro benzene ring substituents is 1. The Balaban J connectivity index is 1.47. The number of hydrogen-bond acceptors (Lipinski definition) is 6. The standard InChI is InChI=1S/C23H23N5O5/c1-15-12-21(25-23(30)17-4-2-5-19(13-17)28(31)32)27(26-15)18-9-7-16(8-10-18)22(29)24-14-20-6-3-11-33-20/h2,4-5,7-10,12-13,20H,3,6,11,14H2,1H3,(H,24,29)(H,25,30). The fourth-order valence-electron chi connectivity index (χ4n) is 3.60. The normalized spacial score (nSPS) is 15.2. The van der Waals surface area contributed by atoms with Gasteiger partial charge in [-0.2, -0.15) is 5.10 Å². The molecule has 0 aliphatic carbocycles. The Morgan fingerprint density at radius 2 is 1.94 bits per heavy atom. The van der Waals surface area contributed by atoms with Crippen molar-refractivity contribution in [3.63, 3.8) is 0 Å². The summed E-state index contributed by atoms with van der Waals surface area (Å²) < 4.78 is 7.06. The summed E-state index contributed by atoms with van der Waals surface area (Å²) in [6.07, 6.45) is 2.03. The number of aryl methyl sites for hydroxylation is 1. The molecule has 1 unspecified atom stereocenters. The second-order valence-electron chi connectivity index (χ2n) is 7.74. The molecule has 2 aromatic carbocycles. The minimum absolute atomic E-state index is 0.0671. The monoisotopic (exact) mass is 449 g/mol. The first-order valence-corrected chi connectivity index (χ1v) is 10.5. The van der Waals surface area contributed by atoms with Gasteiger partial charge in [-0.15, -0.1) is 0 Å². The second kappa shape index (κ2) is 9.61. The van der Waals surface area contributed by atoms with Crippen LogP contribution in [0.4, 0.5) is 11.5 Å². The number of nitro benzene ring substituents is 1. The SMILES string of the molecule is Cc1cc(NC(=O)c2cccc([N+](=O)[O-])c2)n(-c2ccc(C(=O)NCC3CCCO3)cc2)n1. The first-order valence-electron chi connectivity index (χ1n) is 10.5. The molecule has 0 bridgehead atoms. The zero-order valence-corrected chi connectivity index (χ0v) is 18.0. The van der Waals surface area contributed by atoms with E-state index < -0.39 is 10.8 Å². The third-order valence-corrected chi connectivity index (χ3v) is 5.28. The number of anilines is 1. The van der Waals surface area contributed by atoms with Gasteiger partial charge in [0.15, 0.2) is 0 Å². The number of aromatic nitrogens is 2. The van der Waals surface area contributed by atoms with Crippen LogP contribution in [0.5, 0.6) is 0 Å². The molecular formula is C23H23N5O5. The number of amides is 2. The molecule has 0 radical (unpaired) electrons. The maximum atomic E-state index is 12.7. The highest BCUT2D eigenvalue weighted by Crippen LogP contribution is 2.20. The second-order valence-corrected chi connectivity index (χ2v) is 7.74. The molecular weight excluding hydrogens is 426 g/mol. The summed E-state index contributed by atoms with van der Waals surface area (Å²) in [5.41, 5.74) is 1.81. The molecule has 1 atom stereocenters. The molecule has 0 saturated carbocycles. The van der Waals surface area contributed by atoms with E-state index in [4.69, 9.17) is 4.74 Å². The highest BCUT2D eigenvalue weighted by molar-refractivity contribution is 6.04. The van der Waals surface area contributed by atoms with Crippen LogP contribution in [0.3, 0.4) is 0 Å². The third-order valence-electron chi connectivity index (χ3n) is 5.28. The average Bonchev–Trinajstić information content (AvgIpc) is 3.47. The molecule has 4 rings (SSSR count). The van der Waals surface area contributed by atoms with Gasteiger partial charge in [0, 0.05) is 42.5 Å². The van der Waals surface area contributed by atoms with Gasteiger partial charge in [0.2, 0.25) is 0 Å². The van der Waals surface area contributed by atoms with Gasteiger partial charge >= 0.3 is 0 Å². The summed E-state index contributed by atoms with van der Waals surface area (Å²) in [4.78, 5) is 35.5. The van der Waals surface area contributed by atoms with Gasteiger partial charge in [-0.1, -0.05) is 6.07 Å². The largest absolute Gasteiger partial charge is 0.376 e. The molecule has 170 valence electrons. The summed E-state index contributed by atoms with van der Waals surface area (Å²) in [6, 6.07) is 14.0.